The smallest absolute Gasteiger partial charge is 0.280 e. The first-order valence-electron chi connectivity index (χ1n) is 7.03. The molecule has 1 aromatic heterocycles. The summed E-state index contributed by atoms with van der Waals surface area (Å²) in [6, 6.07) is 12.7. The van der Waals surface area contributed by atoms with Crippen molar-refractivity contribution in [3.8, 4) is 0 Å². The molecule has 0 fully saturated rings. The van der Waals surface area contributed by atoms with Crippen LogP contribution in [0.15, 0.2) is 48.5 Å². The summed E-state index contributed by atoms with van der Waals surface area (Å²) in [6.45, 7) is 0.209. The molecule has 0 unspecified atom stereocenters. The lowest BCUT2D eigenvalue weighted by Crippen LogP contribution is -2.15. The fraction of sp³-hybridized carbons (Fsp3) is 0.0625. The predicted octanol–water partition coefficient (Wildman–Crippen LogP) is 2.95. The lowest BCUT2D eigenvalue weighted by molar-refractivity contribution is 0.102. The molecule has 3 aromatic rings. The quantitative estimate of drug-likeness (QED) is 0.761. The number of carbonyl (C=O) groups excluding carboxylic acids is 1. The Morgan fingerprint density at radius 2 is 2.04 bits per heavy atom. The topological polar surface area (TPSA) is 85.8 Å². The van der Waals surface area contributed by atoms with Crippen molar-refractivity contribution in [2.75, 3.05) is 11.1 Å². The van der Waals surface area contributed by atoms with Crippen LogP contribution in [0.3, 0.4) is 0 Å². The summed E-state index contributed by atoms with van der Waals surface area (Å²) in [5.41, 5.74) is 7.10. The minimum atomic E-state index is -0.500. The third-order valence-corrected chi connectivity index (χ3v) is 3.53. The summed E-state index contributed by atoms with van der Waals surface area (Å²) < 4.78 is 14.6. The van der Waals surface area contributed by atoms with Crippen LogP contribution in [-0.2, 0) is 6.54 Å². The van der Waals surface area contributed by atoms with E-state index in [9.17, 15) is 9.18 Å². The van der Waals surface area contributed by atoms with Crippen LogP contribution in [0.1, 0.15) is 16.1 Å². The molecule has 0 saturated heterocycles. The Morgan fingerprint density at radius 1 is 1.25 bits per heavy atom. The molecule has 0 aliphatic carbocycles. The second-order valence-electron chi connectivity index (χ2n) is 5.08. The zero-order chi connectivity index (χ0) is 17.1. The maximum absolute atomic E-state index is 13.2. The molecule has 0 aliphatic heterocycles. The number of nitrogen functional groups attached to an aromatic ring is 1. The van der Waals surface area contributed by atoms with Crippen molar-refractivity contribution in [3.05, 3.63) is 70.6 Å². The molecule has 0 atom stereocenters. The van der Waals surface area contributed by atoms with Gasteiger partial charge >= 0.3 is 0 Å². The number of carbonyl (C=O) groups is 1. The molecule has 122 valence electrons. The number of amides is 1. The lowest BCUT2D eigenvalue weighted by atomic mass is 10.2. The van der Waals surface area contributed by atoms with Gasteiger partial charge in [0.15, 0.2) is 11.5 Å². The summed E-state index contributed by atoms with van der Waals surface area (Å²) in [7, 11) is 0. The van der Waals surface area contributed by atoms with Gasteiger partial charge in [-0.1, -0.05) is 35.0 Å². The van der Waals surface area contributed by atoms with E-state index in [1.54, 1.807) is 36.4 Å². The average molecular weight is 346 g/mol. The van der Waals surface area contributed by atoms with Gasteiger partial charge in [-0.15, -0.1) is 5.10 Å². The van der Waals surface area contributed by atoms with Crippen molar-refractivity contribution >= 4 is 29.0 Å². The third-order valence-electron chi connectivity index (χ3n) is 3.29. The second kappa shape index (κ2) is 6.67. The van der Waals surface area contributed by atoms with Crippen LogP contribution in [0.25, 0.3) is 0 Å². The summed E-state index contributed by atoms with van der Waals surface area (Å²) in [4.78, 5) is 12.3. The van der Waals surface area contributed by atoms with E-state index in [-0.39, 0.29) is 23.9 Å². The fourth-order valence-corrected chi connectivity index (χ4v) is 2.35. The Kier molecular flexibility index (Phi) is 4.43. The van der Waals surface area contributed by atoms with Gasteiger partial charge in [-0.25, -0.2) is 9.07 Å². The van der Waals surface area contributed by atoms with Crippen LogP contribution >= 0.6 is 11.6 Å². The van der Waals surface area contributed by atoms with Crippen LogP contribution in [-0.4, -0.2) is 20.9 Å². The highest BCUT2D eigenvalue weighted by atomic mass is 35.5. The number of nitrogens with one attached hydrogen (secondary N) is 1. The zero-order valence-corrected chi connectivity index (χ0v) is 13.2. The molecule has 2 aromatic carbocycles. The molecular formula is C16H13ClFN5O. The Bertz CT molecular complexity index is 896. The standard InChI is InChI=1S/C16H13ClFN5O/c17-11-4-2-6-13(8-11)20-16(24)14-15(19)23(22-21-14)9-10-3-1-5-12(18)7-10/h1-8H,9,19H2,(H,20,24). The monoisotopic (exact) mass is 345 g/mol. The van der Waals surface area contributed by atoms with Gasteiger partial charge in [0.25, 0.3) is 5.91 Å². The maximum atomic E-state index is 13.2. The van der Waals surface area contributed by atoms with E-state index in [4.69, 9.17) is 17.3 Å². The van der Waals surface area contributed by atoms with Crippen molar-refractivity contribution in [2.45, 2.75) is 6.54 Å². The van der Waals surface area contributed by atoms with Crippen molar-refractivity contribution in [3.63, 3.8) is 0 Å². The Hall–Kier alpha value is -2.93. The lowest BCUT2D eigenvalue weighted by Gasteiger charge is -2.05. The molecule has 3 N–H and O–H groups in total. The summed E-state index contributed by atoms with van der Waals surface area (Å²) in [5, 5.41) is 10.8. The van der Waals surface area contributed by atoms with Crippen molar-refractivity contribution < 1.29 is 9.18 Å². The first-order valence-corrected chi connectivity index (χ1v) is 7.41. The summed E-state index contributed by atoms with van der Waals surface area (Å²) >= 11 is 5.87. The molecule has 0 radical (unpaired) electrons. The van der Waals surface area contributed by atoms with Crippen LogP contribution in [0.4, 0.5) is 15.9 Å². The number of anilines is 2. The van der Waals surface area contributed by atoms with E-state index in [0.29, 0.717) is 16.3 Å². The highest BCUT2D eigenvalue weighted by molar-refractivity contribution is 6.31. The van der Waals surface area contributed by atoms with Gasteiger partial charge in [0.1, 0.15) is 5.82 Å². The maximum Gasteiger partial charge on any atom is 0.280 e. The number of nitrogens with two attached hydrogens (primary N) is 1. The number of nitrogens with zero attached hydrogens (tertiary/aromatic N) is 3. The molecular weight excluding hydrogens is 333 g/mol. The largest absolute Gasteiger partial charge is 0.382 e. The highest BCUT2D eigenvalue weighted by Gasteiger charge is 2.18. The number of rotatable bonds is 4. The van der Waals surface area contributed by atoms with Crippen molar-refractivity contribution in [1.29, 1.82) is 0 Å². The van der Waals surface area contributed by atoms with Gasteiger partial charge in [-0.2, -0.15) is 0 Å². The van der Waals surface area contributed by atoms with Gasteiger partial charge in [-0.3, -0.25) is 4.79 Å². The van der Waals surface area contributed by atoms with E-state index in [2.05, 4.69) is 15.6 Å². The zero-order valence-electron chi connectivity index (χ0n) is 12.4. The van der Waals surface area contributed by atoms with Crippen molar-refractivity contribution in [1.82, 2.24) is 15.0 Å². The van der Waals surface area contributed by atoms with Gasteiger partial charge in [-0.05, 0) is 35.9 Å². The van der Waals surface area contributed by atoms with Gasteiger partial charge in [0.2, 0.25) is 0 Å². The molecule has 24 heavy (non-hydrogen) atoms. The van der Waals surface area contributed by atoms with Crippen LogP contribution in [0.5, 0.6) is 0 Å². The Balaban J connectivity index is 1.78. The number of aromatic nitrogens is 3. The van der Waals surface area contributed by atoms with Crippen LogP contribution in [0.2, 0.25) is 5.02 Å². The molecule has 0 spiro atoms. The number of benzene rings is 2. The Morgan fingerprint density at radius 3 is 2.79 bits per heavy atom. The molecule has 1 heterocycles. The fourth-order valence-electron chi connectivity index (χ4n) is 2.16. The highest BCUT2D eigenvalue weighted by Crippen LogP contribution is 2.17. The minimum Gasteiger partial charge on any atom is -0.382 e. The molecule has 3 rings (SSSR count). The van der Waals surface area contributed by atoms with E-state index in [0.717, 1.165) is 0 Å². The molecule has 6 nitrogen and oxygen atoms in total. The van der Waals surface area contributed by atoms with Gasteiger partial charge in [0.05, 0.1) is 6.54 Å². The van der Waals surface area contributed by atoms with Gasteiger partial charge in [0, 0.05) is 10.7 Å². The SMILES string of the molecule is Nc1c(C(=O)Nc2cccc(Cl)c2)nnn1Cc1cccc(F)c1. The van der Waals surface area contributed by atoms with Crippen LogP contribution in [0, 0.1) is 5.82 Å². The van der Waals surface area contributed by atoms with E-state index in [1.165, 1.54) is 16.8 Å². The van der Waals surface area contributed by atoms with Gasteiger partial charge < -0.3 is 11.1 Å². The third kappa shape index (κ3) is 3.52. The molecule has 0 bridgehead atoms. The normalized spacial score (nSPS) is 10.6. The molecule has 8 heteroatoms. The van der Waals surface area contributed by atoms with Crippen molar-refractivity contribution in [2.24, 2.45) is 0 Å². The minimum absolute atomic E-state index is 0.00798. The first-order chi connectivity index (χ1) is 11.5. The predicted molar refractivity (Wildman–Crippen MR) is 89.3 cm³/mol. The molecule has 1 amide bonds. The number of hydrogen-bond acceptors (Lipinski definition) is 4. The summed E-state index contributed by atoms with van der Waals surface area (Å²) in [6.07, 6.45) is 0. The number of halogens is 2. The molecule has 0 aliphatic rings. The van der Waals surface area contributed by atoms with E-state index in [1.807, 2.05) is 0 Å². The first kappa shape index (κ1) is 15.9. The van der Waals surface area contributed by atoms with Crippen LogP contribution < -0.4 is 11.1 Å². The Labute approximate surface area is 142 Å². The number of hydrogen-bond donors (Lipinski definition) is 2. The molecule has 0 saturated carbocycles. The average Bonchev–Trinajstić information content (AvgIpc) is 2.88. The van der Waals surface area contributed by atoms with E-state index >= 15 is 0 Å². The second-order valence-corrected chi connectivity index (χ2v) is 5.51. The van der Waals surface area contributed by atoms with E-state index < -0.39 is 5.91 Å². The summed E-state index contributed by atoms with van der Waals surface area (Å²) in [5.74, 6) is -0.760.